The number of benzene rings is 1. The minimum atomic E-state index is 0.313. The maximum absolute atomic E-state index is 6.05. The van der Waals surface area contributed by atoms with E-state index in [9.17, 15) is 0 Å². The molecule has 2 unspecified atom stereocenters. The van der Waals surface area contributed by atoms with Gasteiger partial charge < -0.3 is 10.2 Å². The van der Waals surface area contributed by atoms with Crippen molar-refractivity contribution in [1.29, 1.82) is 0 Å². The highest BCUT2D eigenvalue weighted by Gasteiger charge is 2.24. The summed E-state index contributed by atoms with van der Waals surface area (Å²) in [5.74, 6) is 2.02. The van der Waals surface area contributed by atoms with Crippen molar-refractivity contribution in [3.05, 3.63) is 41.4 Å². The first-order valence-electron chi connectivity index (χ1n) is 7.30. The number of piperidine rings is 1. The Morgan fingerprint density at radius 2 is 2.33 bits per heavy atom. The highest BCUT2D eigenvalue weighted by molar-refractivity contribution is 6.30. The van der Waals surface area contributed by atoms with E-state index in [0.29, 0.717) is 17.0 Å². The second-order valence-electron chi connectivity index (χ2n) is 5.79. The van der Waals surface area contributed by atoms with Gasteiger partial charge in [0.1, 0.15) is 0 Å². The van der Waals surface area contributed by atoms with Gasteiger partial charge in [-0.15, -0.1) is 0 Å². The quantitative estimate of drug-likeness (QED) is 0.946. The van der Waals surface area contributed by atoms with Crippen LogP contribution in [-0.2, 0) is 6.54 Å². The van der Waals surface area contributed by atoms with E-state index in [1.165, 1.54) is 0 Å². The number of oxazole rings is 1. The molecule has 5 heteroatoms. The Morgan fingerprint density at radius 3 is 3.10 bits per heavy atom. The number of rotatable bonds is 3. The Balaban J connectivity index is 1.68. The molecule has 2 heterocycles. The average molecular weight is 306 g/mol. The summed E-state index contributed by atoms with van der Waals surface area (Å²) in [5.41, 5.74) is 7.00. The molecule has 2 aromatic rings. The summed E-state index contributed by atoms with van der Waals surface area (Å²) >= 11 is 6.00. The summed E-state index contributed by atoms with van der Waals surface area (Å²) in [5, 5.41) is 0.698. The molecule has 112 valence electrons. The van der Waals surface area contributed by atoms with Crippen LogP contribution in [-0.4, -0.2) is 29.0 Å². The van der Waals surface area contributed by atoms with E-state index in [1.807, 2.05) is 24.3 Å². The molecule has 1 aliphatic rings. The Hall–Kier alpha value is -1.36. The summed E-state index contributed by atoms with van der Waals surface area (Å²) in [4.78, 5) is 6.73. The zero-order valence-corrected chi connectivity index (χ0v) is 12.9. The number of aromatic nitrogens is 1. The van der Waals surface area contributed by atoms with Gasteiger partial charge in [0.2, 0.25) is 5.89 Å². The van der Waals surface area contributed by atoms with Gasteiger partial charge in [0.25, 0.3) is 0 Å². The fraction of sp³-hybridized carbons (Fsp3) is 0.438. The first kappa shape index (κ1) is 14.6. The minimum Gasteiger partial charge on any atom is -0.439 e. The molecule has 3 rings (SSSR count). The summed E-state index contributed by atoms with van der Waals surface area (Å²) in [6.45, 7) is 4.93. The first-order valence-corrected chi connectivity index (χ1v) is 7.68. The van der Waals surface area contributed by atoms with Crippen LogP contribution in [0.1, 0.15) is 19.2 Å². The molecule has 1 saturated heterocycles. The lowest BCUT2D eigenvalue weighted by molar-refractivity contribution is 0.146. The molecule has 1 aliphatic heterocycles. The molecule has 1 aromatic carbocycles. The SMILES string of the molecule is CC1CN(Cc2ncc(-c3cccc(Cl)c3)o2)CCC1N. The topological polar surface area (TPSA) is 55.3 Å². The Labute approximate surface area is 129 Å². The molecule has 2 N–H and O–H groups in total. The summed E-state index contributed by atoms with van der Waals surface area (Å²) in [6.07, 6.45) is 2.79. The maximum atomic E-state index is 6.05. The van der Waals surface area contributed by atoms with E-state index in [2.05, 4.69) is 16.8 Å². The molecule has 1 fully saturated rings. The van der Waals surface area contributed by atoms with Crippen molar-refractivity contribution in [2.24, 2.45) is 11.7 Å². The predicted molar refractivity (Wildman–Crippen MR) is 84.0 cm³/mol. The monoisotopic (exact) mass is 305 g/mol. The molecular weight excluding hydrogens is 286 g/mol. The summed E-state index contributed by atoms with van der Waals surface area (Å²) in [7, 11) is 0. The van der Waals surface area contributed by atoms with Crippen LogP contribution in [0.4, 0.5) is 0 Å². The van der Waals surface area contributed by atoms with E-state index in [4.69, 9.17) is 21.8 Å². The second kappa shape index (κ2) is 6.18. The molecule has 0 aliphatic carbocycles. The van der Waals surface area contributed by atoms with E-state index in [-0.39, 0.29) is 0 Å². The molecule has 4 nitrogen and oxygen atoms in total. The number of likely N-dealkylation sites (tertiary alicyclic amines) is 1. The zero-order valence-electron chi connectivity index (χ0n) is 12.1. The normalized spacial score (nSPS) is 23.4. The van der Waals surface area contributed by atoms with Gasteiger partial charge in [-0.2, -0.15) is 0 Å². The van der Waals surface area contributed by atoms with Gasteiger partial charge in [-0.05, 0) is 24.5 Å². The van der Waals surface area contributed by atoms with Crippen molar-refractivity contribution in [3.8, 4) is 11.3 Å². The van der Waals surface area contributed by atoms with Crippen LogP contribution in [0, 0.1) is 5.92 Å². The Bertz CT molecular complexity index is 613. The van der Waals surface area contributed by atoms with Crippen molar-refractivity contribution in [1.82, 2.24) is 9.88 Å². The third-order valence-corrected chi connectivity index (χ3v) is 4.31. The predicted octanol–water partition coefficient (Wildman–Crippen LogP) is 3.16. The second-order valence-corrected chi connectivity index (χ2v) is 6.23. The number of nitrogens with two attached hydrogens (primary N) is 1. The Kier molecular flexibility index (Phi) is 4.29. The van der Waals surface area contributed by atoms with Gasteiger partial charge in [-0.3, -0.25) is 4.90 Å². The smallest absolute Gasteiger partial charge is 0.209 e. The van der Waals surface area contributed by atoms with Gasteiger partial charge in [-0.1, -0.05) is 30.7 Å². The van der Waals surface area contributed by atoms with Crippen LogP contribution in [0.3, 0.4) is 0 Å². The van der Waals surface area contributed by atoms with Crippen molar-refractivity contribution in [3.63, 3.8) is 0 Å². The maximum Gasteiger partial charge on any atom is 0.209 e. The summed E-state index contributed by atoms with van der Waals surface area (Å²) < 4.78 is 5.85. The van der Waals surface area contributed by atoms with E-state index >= 15 is 0 Å². The van der Waals surface area contributed by atoms with Gasteiger partial charge in [-0.25, -0.2) is 4.98 Å². The molecule has 0 bridgehead atoms. The van der Waals surface area contributed by atoms with E-state index < -0.39 is 0 Å². The lowest BCUT2D eigenvalue weighted by atomic mass is 9.95. The Morgan fingerprint density at radius 1 is 1.48 bits per heavy atom. The van der Waals surface area contributed by atoms with E-state index in [1.54, 1.807) is 6.20 Å². The van der Waals surface area contributed by atoms with Gasteiger partial charge in [0, 0.05) is 29.7 Å². The van der Waals surface area contributed by atoms with Crippen molar-refractivity contribution in [2.75, 3.05) is 13.1 Å². The average Bonchev–Trinajstić information content (AvgIpc) is 2.91. The fourth-order valence-electron chi connectivity index (χ4n) is 2.74. The van der Waals surface area contributed by atoms with Gasteiger partial charge in [0.05, 0.1) is 12.7 Å². The van der Waals surface area contributed by atoms with Crippen molar-refractivity contribution < 1.29 is 4.42 Å². The molecule has 2 atom stereocenters. The van der Waals surface area contributed by atoms with Gasteiger partial charge >= 0.3 is 0 Å². The van der Waals surface area contributed by atoms with Crippen LogP contribution >= 0.6 is 11.6 Å². The van der Waals surface area contributed by atoms with Crippen LogP contribution in [0.15, 0.2) is 34.9 Å². The fourth-order valence-corrected chi connectivity index (χ4v) is 2.93. The van der Waals surface area contributed by atoms with Gasteiger partial charge in [0.15, 0.2) is 5.76 Å². The molecule has 0 radical (unpaired) electrons. The zero-order chi connectivity index (χ0) is 14.8. The number of hydrogen-bond donors (Lipinski definition) is 1. The lowest BCUT2D eigenvalue weighted by Gasteiger charge is -2.34. The molecule has 0 spiro atoms. The molecular formula is C16H20ClN3O. The number of nitrogens with zero attached hydrogens (tertiary/aromatic N) is 2. The standard InChI is InChI=1S/C16H20ClN3O/c1-11-9-20(6-5-14(11)18)10-16-19-8-15(21-16)12-3-2-4-13(17)7-12/h2-4,7-8,11,14H,5-6,9-10,18H2,1H3. The highest BCUT2D eigenvalue weighted by Crippen LogP contribution is 2.24. The van der Waals surface area contributed by atoms with Crippen molar-refractivity contribution in [2.45, 2.75) is 25.9 Å². The molecule has 0 saturated carbocycles. The summed E-state index contributed by atoms with van der Waals surface area (Å²) in [6, 6.07) is 7.92. The lowest BCUT2D eigenvalue weighted by Crippen LogP contribution is -2.45. The molecule has 1 aromatic heterocycles. The number of hydrogen-bond acceptors (Lipinski definition) is 4. The van der Waals surface area contributed by atoms with Crippen LogP contribution < -0.4 is 5.73 Å². The number of halogens is 1. The molecule has 0 amide bonds. The third kappa shape index (κ3) is 3.46. The van der Waals surface area contributed by atoms with E-state index in [0.717, 1.165) is 43.3 Å². The molecule has 21 heavy (non-hydrogen) atoms. The van der Waals surface area contributed by atoms with Crippen LogP contribution in [0.2, 0.25) is 5.02 Å². The van der Waals surface area contributed by atoms with Crippen LogP contribution in [0.25, 0.3) is 11.3 Å². The highest BCUT2D eigenvalue weighted by atomic mass is 35.5. The first-order chi connectivity index (χ1) is 10.1. The van der Waals surface area contributed by atoms with Crippen LogP contribution in [0.5, 0.6) is 0 Å². The minimum absolute atomic E-state index is 0.313. The third-order valence-electron chi connectivity index (χ3n) is 4.08. The largest absolute Gasteiger partial charge is 0.439 e. The van der Waals surface area contributed by atoms with Crippen molar-refractivity contribution >= 4 is 11.6 Å².